The molecule has 2 atom stereocenters. The minimum atomic E-state index is -4.69. The molecule has 56 heavy (non-hydrogen) atoms. The maximum absolute atomic E-state index is 14.3. The number of anilines is 1. The van der Waals surface area contributed by atoms with Crippen LogP contribution in [0.15, 0.2) is 22.7 Å². The van der Waals surface area contributed by atoms with Crippen LogP contribution in [-0.2, 0) is 27.3 Å². The van der Waals surface area contributed by atoms with Gasteiger partial charge < -0.3 is 25.8 Å². The zero-order valence-corrected chi connectivity index (χ0v) is 34.8. The number of carboxylic acid groups (broad SMARTS) is 1. The van der Waals surface area contributed by atoms with Crippen molar-refractivity contribution in [1.29, 1.82) is 0 Å². The minimum Gasteiger partial charge on any atom is -0.480 e. The van der Waals surface area contributed by atoms with E-state index in [2.05, 4.69) is 26.3 Å². The molecule has 0 saturated heterocycles. The van der Waals surface area contributed by atoms with Crippen LogP contribution in [0, 0.1) is 39.9 Å². The Morgan fingerprint density at radius 2 is 1.70 bits per heavy atom. The van der Waals surface area contributed by atoms with Crippen LogP contribution in [0.2, 0.25) is 5.02 Å². The molecule has 2 unspecified atom stereocenters. The lowest BCUT2D eigenvalue weighted by Crippen LogP contribution is -2.30. The smallest absolute Gasteiger partial charge is 0.434 e. The zero-order valence-electron chi connectivity index (χ0n) is 31.5. The van der Waals surface area contributed by atoms with Crippen molar-refractivity contribution in [3.8, 4) is 11.3 Å². The van der Waals surface area contributed by atoms with Gasteiger partial charge >= 0.3 is 23.8 Å². The van der Waals surface area contributed by atoms with E-state index in [-0.39, 0.29) is 57.5 Å². The molecule has 0 saturated carbocycles. The monoisotopic (exact) mass is 904 g/mol. The van der Waals surface area contributed by atoms with Crippen LogP contribution in [-0.4, -0.2) is 72.6 Å². The number of hydrogen-bond donors (Lipinski definition) is 4. The summed E-state index contributed by atoms with van der Waals surface area (Å²) in [6.07, 6.45) is -3.67. The van der Waals surface area contributed by atoms with Crippen molar-refractivity contribution in [3.63, 3.8) is 0 Å². The highest BCUT2D eigenvalue weighted by Crippen LogP contribution is 2.42. The van der Waals surface area contributed by atoms with E-state index in [9.17, 15) is 51.9 Å². The van der Waals surface area contributed by atoms with Crippen LogP contribution in [0.4, 0.5) is 34.6 Å². The molecule has 3 rings (SSSR count). The molecule has 0 aliphatic heterocycles. The number of aryl methyl sites for hydroxylation is 2. The molecule has 0 aliphatic rings. The number of nitro benzene ring substituents is 2. The van der Waals surface area contributed by atoms with E-state index in [0.717, 1.165) is 32.0 Å². The number of aliphatic carboxylic acids is 1. The van der Waals surface area contributed by atoms with Crippen molar-refractivity contribution >= 4 is 63.9 Å². The van der Waals surface area contributed by atoms with Gasteiger partial charge in [-0.15, -0.1) is 0 Å². The Bertz CT molecular complexity index is 1970. The molecule has 5 N–H and O–H groups in total. The molecular weight excluding hydrogens is 863 g/mol. The van der Waals surface area contributed by atoms with Gasteiger partial charge in [-0.1, -0.05) is 25.4 Å². The van der Waals surface area contributed by atoms with E-state index in [0.29, 0.717) is 15.8 Å². The summed E-state index contributed by atoms with van der Waals surface area (Å²) < 4.78 is 69.3. The SMILES string of the molecule is CC(C)OC(=O)c1cc(-c2nn(C)c(C(F)(F)F)c2Br)c(F)cc1Cl.CCC(CC)Nc1c([N+](=O)[O-])cc(C)c(C)c1[N+](=O)[O-].CP(=O)(O)CCC(N)C(=O)O. The largest absolute Gasteiger partial charge is 0.480 e. The molecule has 2 aromatic carbocycles. The quantitative estimate of drug-likeness (QED) is 0.0413. The topological polar surface area (TPSA) is 243 Å². The van der Waals surface area contributed by atoms with Crippen LogP contribution in [0.25, 0.3) is 11.3 Å². The maximum atomic E-state index is 14.3. The molecule has 0 fully saturated rings. The third-order valence-corrected chi connectivity index (χ3v) is 9.96. The molecule has 0 radical (unpaired) electrons. The van der Waals surface area contributed by atoms with Gasteiger partial charge in [-0.3, -0.25) is 34.3 Å². The average Bonchev–Trinajstić information content (AvgIpc) is 3.36. The third kappa shape index (κ3) is 14.1. The van der Waals surface area contributed by atoms with Crippen LogP contribution < -0.4 is 11.1 Å². The van der Waals surface area contributed by atoms with Crippen molar-refractivity contribution in [1.82, 2.24) is 9.78 Å². The summed E-state index contributed by atoms with van der Waals surface area (Å²) in [5.41, 5.74) is 3.79. The van der Waals surface area contributed by atoms with Crippen LogP contribution in [0.3, 0.4) is 0 Å². The fourth-order valence-corrected chi connectivity index (χ4v) is 6.50. The molecule has 312 valence electrons. The number of carbonyl (C=O) groups excluding carboxylic acids is 1. The number of rotatable bonds is 13. The molecule has 3 aromatic rings. The van der Waals surface area contributed by atoms with Crippen molar-refractivity contribution < 1.29 is 56.3 Å². The number of nitro groups is 2. The Labute approximate surface area is 332 Å². The molecule has 0 bridgehead atoms. The van der Waals surface area contributed by atoms with Crippen LogP contribution >= 0.6 is 34.9 Å². The number of esters is 1. The standard InChI is InChI=1S/C15H12BrClF4N2O2.C13H19N3O4.C5H12NO4P/c1-6(2)25-14(24)7-4-8(10(18)5-9(7)17)12-11(16)13(15(19,20)21)23(3)22-12;1-5-10(6-2)14-12-11(15(17)18)7-8(3)9(4)13(12)16(19)20;1-11(9,10)3-2-4(6)5(7)8/h4-6H,1-3H3;7,10,14H,5-6H2,1-4H3;4H,2-3,6H2,1H3,(H,7,8)(H,9,10). The third-order valence-electron chi connectivity index (χ3n) is 7.81. The number of halogens is 6. The number of aromatic nitrogens is 2. The fraction of sp³-hybridized carbons (Fsp3) is 0.485. The lowest BCUT2D eigenvalue weighted by atomic mass is 10.0. The number of nitrogens with two attached hydrogens (primary N) is 1. The number of nitrogens with zero attached hydrogens (tertiary/aromatic N) is 4. The summed E-state index contributed by atoms with van der Waals surface area (Å²) in [7, 11) is -2.02. The van der Waals surface area contributed by atoms with Gasteiger partial charge in [-0.25, -0.2) is 9.18 Å². The van der Waals surface area contributed by atoms with E-state index < -0.39 is 63.5 Å². The van der Waals surface area contributed by atoms with E-state index in [1.165, 1.54) is 12.7 Å². The second-order valence-corrected chi connectivity index (χ2v) is 16.4. The van der Waals surface area contributed by atoms with E-state index in [1.54, 1.807) is 27.7 Å². The minimum absolute atomic E-state index is 0.0109. The fourth-order valence-electron chi connectivity index (χ4n) is 4.74. The first-order valence-corrected chi connectivity index (χ1v) is 20.0. The number of benzene rings is 2. The van der Waals surface area contributed by atoms with E-state index in [1.807, 2.05) is 13.8 Å². The molecule has 0 amide bonds. The van der Waals surface area contributed by atoms with Crippen molar-refractivity contribution in [2.45, 2.75) is 85.2 Å². The first kappa shape index (κ1) is 49.8. The predicted octanol–water partition coefficient (Wildman–Crippen LogP) is 8.64. The summed E-state index contributed by atoms with van der Waals surface area (Å²) in [5.74, 6) is -2.87. The highest BCUT2D eigenvalue weighted by Gasteiger charge is 2.39. The van der Waals surface area contributed by atoms with Crippen molar-refractivity contribution in [2.24, 2.45) is 12.8 Å². The Kier molecular flexibility index (Phi) is 18.5. The number of carboxylic acids is 1. The van der Waals surface area contributed by atoms with Gasteiger partial charge in [0.25, 0.3) is 5.69 Å². The number of nitrogens with one attached hydrogen (secondary N) is 1. The van der Waals surface area contributed by atoms with Gasteiger partial charge in [-0.05, 0) is 80.6 Å². The normalized spacial score (nSPS) is 12.8. The Morgan fingerprint density at radius 1 is 1.14 bits per heavy atom. The van der Waals surface area contributed by atoms with Crippen molar-refractivity contribution in [2.75, 3.05) is 18.1 Å². The molecule has 1 heterocycles. The molecule has 0 spiro atoms. The van der Waals surface area contributed by atoms with Gasteiger partial charge in [0.05, 0.1) is 31.0 Å². The number of hydrogen-bond acceptors (Lipinski definition) is 11. The molecule has 16 nitrogen and oxygen atoms in total. The second-order valence-electron chi connectivity index (χ2n) is 12.6. The van der Waals surface area contributed by atoms with E-state index in [4.69, 9.17) is 32.1 Å². The van der Waals surface area contributed by atoms with Gasteiger partial charge in [0.1, 0.15) is 17.6 Å². The summed E-state index contributed by atoms with van der Waals surface area (Å²) >= 11 is 8.67. The summed E-state index contributed by atoms with van der Waals surface area (Å²) in [6.45, 7) is 11.5. The highest BCUT2D eigenvalue weighted by molar-refractivity contribution is 9.10. The maximum Gasteiger partial charge on any atom is 0.434 e. The van der Waals surface area contributed by atoms with Crippen LogP contribution in [0.1, 0.15) is 74.1 Å². The summed E-state index contributed by atoms with van der Waals surface area (Å²) in [4.78, 5) is 52.2. The predicted molar refractivity (Wildman–Crippen MR) is 205 cm³/mol. The summed E-state index contributed by atoms with van der Waals surface area (Å²) in [5, 5.41) is 37.2. The van der Waals surface area contributed by atoms with Gasteiger partial charge in [-0.2, -0.15) is 18.3 Å². The number of carbonyl (C=O) groups is 2. The zero-order chi connectivity index (χ0) is 43.6. The number of alkyl halides is 3. The van der Waals surface area contributed by atoms with Gasteiger partial charge in [0.15, 0.2) is 18.8 Å². The lowest BCUT2D eigenvalue weighted by molar-refractivity contribution is -0.392. The lowest BCUT2D eigenvalue weighted by Gasteiger charge is -2.17. The molecule has 1 aromatic heterocycles. The average molecular weight is 906 g/mol. The molecule has 0 aliphatic carbocycles. The second kappa shape index (κ2) is 20.8. The number of ether oxygens (including phenoxy) is 1. The first-order valence-electron chi connectivity index (χ1n) is 16.6. The Hall–Kier alpha value is -4.17. The Balaban J connectivity index is 0.000000453. The summed E-state index contributed by atoms with van der Waals surface area (Å²) in [6, 6.07) is 2.18. The first-order chi connectivity index (χ1) is 25.6. The Morgan fingerprint density at radius 3 is 2.11 bits per heavy atom. The molecular formula is C33H43BrClF4N6O10P. The van der Waals surface area contributed by atoms with Gasteiger partial charge in [0.2, 0.25) is 0 Å². The van der Waals surface area contributed by atoms with Gasteiger partial charge in [0, 0.05) is 43.1 Å². The van der Waals surface area contributed by atoms with E-state index >= 15 is 0 Å². The molecule has 23 heteroatoms. The van der Waals surface area contributed by atoms with Crippen molar-refractivity contribution in [3.05, 3.63) is 76.1 Å². The highest BCUT2D eigenvalue weighted by atomic mass is 79.9. The van der Waals surface area contributed by atoms with Crippen LogP contribution in [0.5, 0.6) is 0 Å².